The number of hydrogen-bond donors (Lipinski definition) is 1. The van der Waals surface area contributed by atoms with Crippen molar-refractivity contribution in [3.8, 4) is 5.75 Å². The predicted octanol–water partition coefficient (Wildman–Crippen LogP) is 3.80. The minimum atomic E-state index is -0.767. The van der Waals surface area contributed by atoms with Crippen molar-refractivity contribution >= 4 is 28.5 Å². The number of fused-ring (bicyclic) bond motifs is 3. The zero-order valence-corrected chi connectivity index (χ0v) is 16.8. The molecule has 0 spiro atoms. The molecule has 0 saturated heterocycles. The Labute approximate surface area is 172 Å². The van der Waals surface area contributed by atoms with E-state index in [1.165, 1.54) is 0 Å². The molecule has 29 heavy (non-hydrogen) atoms. The molecule has 3 aromatic rings. The molecule has 1 amide bonds. The Hall–Kier alpha value is -2.86. The van der Waals surface area contributed by atoms with Crippen molar-refractivity contribution in [2.75, 3.05) is 0 Å². The molecule has 6 nitrogen and oxygen atoms in total. The average Bonchev–Trinajstić information content (AvgIpc) is 2.74. The number of benzene rings is 1. The van der Waals surface area contributed by atoms with Gasteiger partial charge >= 0.3 is 5.63 Å². The van der Waals surface area contributed by atoms with Crippen LogP contribution in [-0.2, 0) is 24.2 Å². The zero-order chi connectivity index (χ0) is 20.4. The van der Waals surface area contributed by atoms with Crippen LogP contribution in [0.5, 0.6) is 5.75 Å². The van der Waals surface area contributed by atoms with Gasteiger partial charge in [-0.25, -0.2) is 4.79 Å². The monoisotopic (exact) mass is 412 g/mol. The summed E-state index contributed by atoms with van der Waals surface area (Å²) in [6, 6.07) is 7.02. The fourth-order valence-electron chi connectivity index (χ4n) is 3.61. The number of aromatic nitrogens is 1. The number of aryl methyl sites for hydroxylation is 1. The molecule has 0 aliphatic heterocycles. The molecule has 0 fully saturated rings. The van der Waals surface area contributed by atoms with E-state index < -0.39 is 6.10 Å². The van der Waals surface area contributed by atoms with Gasteiger partial charge < -0.3 is 14.5 Å². The number of carbonyl (C=O) groups is 1. The van der Waals surface area contributed by atoms with Gasteiger partial charge in [0.25, 0.3) is 5.91 Å². The summed E-state index contributed by atoms with van der Waals surface area (Å²) in [5.74, 6) is 0.0366. The lowest BCUT2D eigenvalue weighted by atomic mass is 9.90. The molecule has 150 valence electrons. The normalized spacial score (nSPS) is 14.3. The van der Waals surface area contributed by atoms with Crippen molar-refractivity contribution in [2.24, 2.45) is 0 Å². The Morgan fingerprint density at radius 2 is 1.97 bits per heavy atom. The molecule has 7 heteroatoms. The minimum Gasteiger partial charge on any atom is -0.479 e. The van der Waals surface area contributed by atoms with Gasteiger partial charge in [0.1, 0.15) is 11.3 Å². The van der Waals surface area contributed by atoms with Crippen molar-refractivity contribution < 1.29 is 13.9 Å². The van der Waals surface area contributed by atoms with Crippen molar-refractivity contribution in [1.29, 1.82) is 0 Å². The summed E-state index contributed by atoms with van der Waals surface area (Å²) in [4.78, 5) is 28.6. The van der Waals surface area contributed by atoms with E-state index in [2.05, 4.69) is 10.3 Å². The summed E-state index contributed by atoms with van der Waals surface area (Å²) in [7, 11) is 0. The molecule has 4 rings (SSSR count). The second-order valence-electron chi connectivity index (χ2n) is 7.17. The van der Waals surface area contributed by atoms with Crippen LogP contribution in [-0.4, -0.2) is 17.0 Å². The number of carbonyl (C=O) groups excluding carboxylic acids is 1. The fraction of sp³-hybridized carbons (Fsp3) is 0.318. The van der Waals surface area contributed by atoms with Gasteiger partial charge in [-0.3, -0.25) is 9.78 Å². The first-order chi connectivity index (χ1) is 14.0. The predicted molar refractivity (Wildman–Crippen MR) is 110 cm³/mol. The maximum absolute atomic E-state index is 12.4. The van der Waals surface area contributed by atoms with E-state index in [0.717, 1.165) is 47.8 Å². The van der Waals surface area contributed by atoms with E-state index >= 15 is 0 Å². The van der Waals surface area contributed by atoms with Crippen molar-refractivity contribution in [3.63, 3.8) is 0 Å². The van der Waals surface area contributed by atoms with Gasteiger partial charge in [-0.15, -0.1) is 0 Å². The molecule has 0 saturated carbocycles. The summed E-state index contributed by atoms with van der Waals surface area (Å²) in [5.41, 5.74) is 2.83. The summed E-state index contributed by atoms with van der Waals surface area (Å²) in [6.45, 7) is 2.02. The first-order valence-corrected chi connectivity index (χ1v) is 10.0. The van der Waals surface area contributed by atoms with Crippen LogP contribution in [0.1, 0.15) is 36.5 Å². The SMILES string of the molecule is C[C@H](Oc1cc2oc(=O)c3c(c2cc1Cl)CCCC3)C(=O)NCc1ccncc1. The van der Waals surface area contributed by atoms with Gasteiger partial charge in [0.05, 0.1) is 5.02 Å². The molecule has 1 N–H and O–H groups in total. The lowest BCUT2D eigenvalue weighted by Crippen LogP contribution is -2.35. The third-order valence-corrected chi connectivity index (χ3v) is 5.46. The molecular weight excluding hydrogens is 392 g/mol. The Kier molecular flexibility index (Phi) is 5.53. The van der Waals surface area contributed by atoms with E-state index in [1.54, 1.807) is 31.5 Å². The second kappa shape index (κ2) is 8.25. The summed E-state index contributed by atoms with van der Waals surface area (Å²) < 4.78 is 11.3. The van der Waals surface area contributed by atoms with Crippen LogP contribution in [0.3, 0.4) is 0 Å². The third-order valence-electron chi connectivity index (χ3n) is 5.17. The van der Waals surface area contributed by atoms with Crippen LogP contribution < -0.4 is 15.7 Å². The van der Waals surface area contributed by atoms with E-state index in [4.69, 9.17) is 20.8 Å². The maximum Gasteiger partial charge on any atom is 0.339 e. The van der Waals surface area contributed by atoms with Gasteiger partial charge in [0, 0.05) is 36.0 Å². The zero-order valence-electron chi connectivity index (χ0n) is 16.0. The number of hydrogen-bond acceptors (Lipinski definition) is 5. The topological polar surface area (TPSA) is 81.4 Å². The van der Waals surface area contributed by atoms with Crippen molar-refractivity contribution in [1.82, 2.24) is 10.3 Å². The second-order valence-corrected chi connectivity index (χ2v) is 7.57. The molecule has 1 atom stereocenters. The van der Waals surface area contributed by atoms with Crippen LogP contribution in [0.25, 0.3) is 11.0 Å². The Morgan fingerprint density at radius 1 is 1.24 bits per heavy atom. The van der Waals surface area contributed by atoms with E-state index in [-0.39, 0.29) is 11.5 Å². The molecule has 2 aromatic heterocycles. The number of ether oxygens (including phenoxy) is 1. The lowest BCUT2D eigenvalue weighted by Gasteiger charge is -2.18. The summed E-state index contributed by atoms with van der Waals surface area (Å²) >= 11 is 6.42. The highest BCUT2D eigenvalue weighted by Crippen LogP contribution is 2.34. The largest absolute Gasteiger partial charge is 0.479 e. The molecule has 0 unspecified atom stereocenters. The van der Waals surface area contributed by atoms with E-state index in [9.17, 15) is 9.59 Å². The molecule has 0 bridgehead atoms. The molecule has 0 radical (unpaired) electrons. The number of amides is 1. The van der Waals surface area contributed by atoms with Gasteiger partial charge in [0.2, 0.25) is 0 Å². The number of halogens is 1. The third kappa shape index (κ3) is 4.12. The smallest absolute Gasteiger partial charge is 0.339 e. The van der Waals surface area contributed by atoms with Gasteiger partial charge in [-0.05, 0) is 61.9 Å². The molecule has 2 heterocycles. The van der Waals surface area contributed by atoms with E-state index in [0.29, 0.717) is 22.9 Å². The first-order valence-electron chi connectivity index (χ1n) is 9.64. The molecule has 1 aliphatic carbocycles. The number of nitrogens with zero attached hydrogens (tertiary/aromatic N) is 1. The Bertz CT molecular complexity index is 1110. The quantitative estimate of drug-likeness (QED) is 0.644. The number of nitrogens with one attached hydrogen (secondary N) is 1. The average molecular weight is 413 g/mol. The van der Waals surface area contributed by atoms with Gasteiger partial charge in [-0.1, -0.05) is 11.6 Å². The van der Waals surface area contributed by atoms with Gasteiger partial charge in [0.15, 0.2) is 6.10 Å². The fourth-order valence-corrected chi connectivity index (χ4v) is 3.82. The highest BCUT2D eigenvalue weighted by molar-refractivity contribution is 6.32. The highest BCUT2D eigenvalue weighted by Gasteiger charge is 2.21. The van der Waals surface area contributed by atoms with Crippen LogP contribution in [0.2, 0.25) is 5.02 Å². The standard InChI is InChI=1S/C22H21ClN2O4/c1-13(21(26)25-12-14-6-8-24-9-7-14)28-20-11-19-17(10-18(20)23)15-4-2-3-5-16(15)22(27)29-19/h6-11,13H,2-5,12H2,1H3,(H,25,26)/t13-/m0/s1. The minimum absolute atomic E-state index is 0.273. The van der Waals surface area contributed by atoms with Crippen LogP contribution in [0.4, 0.5) is 0 Å². The van der Waals surface area contributed by atoms with Crippen LogP contribution in [0, 0.1) is 0 Å². The highest BCUT2D eigenvalue weighted by atomic mass is 35.5. The van der Waals surface area contributed by atoms with Gasteiger partial charge in [-0.2, -0.15) is 0 Å². The van der Waals surface area contributed by atoms with Crippen molar-refractivity contribution in [2.45, 2.75) is 45.3 Å². The molecule has 1 aromatic carbocycles. The lowest BCUT2D eigenvalue weighted by molar-refractivity contribution is -0.127. The maximum atomic E-state index is 12.4. The number of rotatable bonds is 5. The summed E-state index contributed by atoms with van der Waals surface area (Å²) in [5, 5.41) is 4.04. The van der Waals surface area contributed by atoms with E-state index in [1.807, 2.05) is 12.1 Å². The first kappa shape index (κ1) is 19.5. The Balaban J connectivity index is 1.53. The molecule has 1 aliphatic rings. The van der Waals surface area contributed by atoms with Crippen LogP contribution in [0.15, 0.2) is 45.9 Å². The molecular formula is C22H21ClN2O4. The number of pyridine rings is 1. The Morgan fingerprint density at radius 3 is 2.72 bits per heavy atom. The van der Waals surface area contributed by atoms with Crippen LogP contribution >= 0.6 is 11.6 Å². The summed E-state index contributed by atoms with van der Waals surface area (Å²) in [6.07, 6.45) is 6.17. The van der Waals surface area contributed by atoms with Crippen molar-refractivity contribution in [3.05, 3.63) is 68.8 Å².